The Kier molecular flexibility index (Phi) is 3.44. The zero-order valence-electron chi connectivity index (χ0n) is 8.59. The lowest BCUT2D eigenvalue weighted by Crippen LogP contribution is -2.01. The fraction of sp³-hybridized carbons (Fsp3) is 0.364. The van der Waals surface area contributed by atoms with Gasteiger partial charge in [0.1, 0.15) is 5.52 Å². The van der Waals surface area contributed by atoms with Gasteiger partial charge in [-0.15, -0.1) is 11.3 Å². The second-order valence-corrected chi connectivity index (χ2v) is 4.70. The van der Waals surface area contributed by atoms with E-state index in [2.05, 4.69) is 17.2 Å². The van der Waals surface area contributed by atoms with Crippen molar-refractivity contribution in [1.82, 2.24) is 4.98 Å². The number of unbranched alkanes of at least 4 members (excludes halogenated alkanes) is 1. The van der Waals surface area contributed by atoms with E-state index in [-0.39, 0.29) is 0 Å². The summed E-state index contributed by atoms with van der Waals surface area (Å²) in [4.78, 5) is 4.33. The molecule has 0 atom stereocenters. The molecule has 1 aromatic carbocycles. The van der Waals surface area contributed by atoms with Gasteiger partial charge in [-0.2, -0.15) is 0 Å². The maximum absolute atomic E-state index is 6.14. The number of rotatable bonds is 4. The van der Waals surface area contributed by atoms with Crippen LogP contribution in [0.4, 0.5) is 5.69 Å². The van der Waals surface area contributed by atoms with Gasteiger partial charge < -0.3 is 5.32 Å². The topological polar surface area (TPSA) is 24.9 Å². The minimum Gasteiger partial charge on any atom is -0.382 e. The number of anilines is 1. The monoisotopic (exact) mass is 240 g/mol. The first kappa shape index (κ1) is 10.7. The zero-order valence-corrected chi connectivity index (χ0v) is 10.2. The van der Waals surface area contributed by atoms with Gasteiger partial charge in [-0.25, -0.2) is 4.98 Å². The number of nitrogens with one attached hydrogen (secondary N) is 1. The highest BCUT2D eigenvalue weighted by Crippen LogP contribution is 2.32. The van der Waals surface area contributed by atoms with Gasteiger partial charge in [0.2, 0.25) is 0 Å². The molecule has 1 N–H and O–H groups in total. The summed E-state index contributed by atoms with van der Waals surface area (Å²) in [6, 6.07) is 3.94. The number of halogens is 1. The van der Waals surface area contributed by atoms with Crippen LogP contribution in [0.2, 0.25) is 5.02 Å². The maximum Gasteiger partial charge on any atom is 0.106 e. The first-order valence-electron chi connectivity index (χ1n) is 5.08. The minimum absolute atomic E-state index is 0.754. The summed E-state index contributed by atoms with van der Waals surface area (Å²) < 4.78 is 1.18. The third kappa shape index (κ3) is 2.24. The van der Waals surface area contributed by atoms with Crippen molar-refractivity contribution in [3.05, 3.63) is 22.7 Å². The van der Waals surface area contributed by atoms with Gasteiger partial charge in [-0.05, 0) is 18.6 Å². The lowest BCUT2D eigenvalue weighted by molar-refractivity contribution is 0.835. The predicted octanol–water partition coefficient (Wildman–Crippen LogP) is 4.16. The average molecular weight is 241 g/mol. The van der Waals surface area contributed by atoms with Crippen molar-refractivity contribution < 1.29 is 0 Å². The summed E-state index contributed by atoms with van der Waals surface area (Å²) in [5.41, 5.74) is 3.82. The lowest BCUT2D eigenvalue weighted by atomic mass is 10.2. The molecule has 1 heterocycles. The Labute approximate surface area is 98.3 Å². The van der Waals surface area contributed by atoms with Crippen LogP contribution in [0.1, 0.15) is 19.8 Å². The molecular formula is C11H13ClN2S. The molecule has 2 nitrogen and oxygen atoms in total. The molecular weight excluding hydrogens is 228 g/mol. The molecule has 0 aliphatic carbocycles. The first-order valence-corrected chi connectivity index (χ1v) is 6.34. The van der Waals surface area contributed by atoms with Crippen LogP contribution in [0.3, 0.4) is 0 Å². The second kappa shape index (κ2) is 4.81. The molecule has 0 saturated heterocycles. The number of benzene rings is 1. The molecule has 0 unspecified atom stereocenters. The van der Waals surface area contributed by atoms with Crippen LogP contribution < -0.4 is 5.32 Å². The van der Waals surface area contributed by atoms with Crippen LogP contribution in [0, 0.1) is 0 Å². The number of nitrogens with zero attached hydrogens (tertiary/aromatic N) is 1. The summed E-state index contributed by atoms with van der Waals surface area (Å²) in [6.07, 6.45) is 2.33. The fourth-order valence-electron chi connectivity index (χ4n) is 1.46. The van der Waals surface area contributed by atoms with Gasteiger partial charge in [0, 0.05) is 6.54 Å². The molecule has 0 aliphatic rings. The Balaban J connectivity index is 2.30. The smallest absolute Gasteiger partial charge is 0.106 e. The molecule has 0 radical (unpaired) electrons. The van der Waals surface area contributed by atoms with Crippen molar-refractivity contribution in [1.29, 1.82) is 0 Å². The fourth-order valence-corrected chi connectivity index (χ4v) is 2.37. The van der Waals surface area contributed by atoms with Gasteiger partial charge in [-0.3, -0.25) is 0 Å². The predicted molar refractivity (Wildman–Crippen MR) is 68.0 cm³/mol. The molecule has 0 bridgehead atoms. The highest BCUT2D eigenvalue weighted by atomic mass is 35.5. The molecule has 0 spiro atoms. The van der Waals surface area contributed by atoms with E-state index in [1.54, 1.807) is 11.3 Å². The second-order valence-electron chi connectivity index (χ2n) is 3.40. The highest BCUT2D eigenvalue weighted by Gasteiger charge is 2.07. The number of thiazole rings is 1. The van der Waals surface area contributed by atoms with Gasteiger partial charge in [-0.1, -0.05) is 24.9 Å². The minimum atomic E-state index is 0.754. The molecule has 2 aromatic rings. The zero-order chi connectivity index (χ0) is 10.7. The van der Waals surface area contributed by atoms with Gasteiger partial charge in [0.25, 0.3) is 0 Å². The van der Waals surface area contributed by atoms with Gasteiger partial charge in [0.05, 0.1) is 20.9 Å². The molecule has 0 saturated carbocycles. The molecule has 4 heteroatoms. The highest BCUT2D eigenvalue weighted by molar-refractivity contribution is 7.16. The Morgan fingerprint density at radius 3 is 3.13 bits per heavy atom. The van der Waals surface area contributed by atoms with E-state index in [1.807, 2.05) is 17.6 Å². The molecule has 0 amide bonds. The molecule has 1 aromatic heterocycles. The van der Waals surface area contributed by atoms with Gasteiger partial charge >= 0.3 is 0 Å². The lowest BCUT2D eigenvalue weighted by Gasteiger charge is -2.08. The summed E-state index contributed by atoms with van der Waals surface area (Å²) in [6.45, 7) is 3.12. The van der Waals surface area contributed by atoms with Crippen molar-refractivity contribution in [3.8, 4) is 0 Å². The van der Waals surface area contributed by atoms with Gasteiger partial charge in [0.15, 0.2) is 0 Å². The quantitative estimate of drug-likeness (QED) is 0.812. The first-order chi connectivity index (χ1) is 7.33. The number of fused-ring (bicyclic) bond motifs is 1. The summed E-state index contributed by atoms with van der Waals surface area (Å²) >= 11 is 7.78. The third-order valence-electron chi connectivity index (χ3n) is 2.28. The summed E-state index contributed by atoms with van der Waals surface area (Å²) in [5.74, 6) is 0. The van der Waals surface area contributed by atoms with Crippen molar-refractivity contribution in [2.24, 2.45) is 0 Å². The van der Waals surface area contributed by atoms with Crippen molar-refractivity contribution in [2.45, 2.75) is 19.8 Å². The number of hydrogen-bond acceptors (Lipinski definition) is 3. The standard InChI is InChI=1S/C11H13ClN2S/c1-2-3-6-13-10-8(12)4-5-9-11(10)14-7-15-9/h4-5,7,13H,2-3,6H2,1H3. The van der Waals surface area contributed by atoms with Crippen molar-refractivity contribution >= 4 is 38.8 Å². The Morgan fingerprint density at radius 1 is 1.47 bits per heavy atom. The van der Waals surface area contributed by atoms with E-state index in [0.29, 0.717) is 0 Å². The van der Waals surface area contributed by atoms with Crippen molar-refractivity contribution in [2.75, 3.05) is 11.9 Å². The number of hydrogen-bond donors (Lipinski definition) is 1. The van der Waals surface area contributed by atoms with Crippen LogP contribution in [-0.4, -0.2) is 11.5 Å². The van der Waals surface area contributed by atoms with E-state index in [0.717, 1.165) is 29.2 Å². The Hall–Kier alpha value is -0.800. The van der Waals surface area contributed by atoms with Crippen molar-refractivity contribution in [3.63, 3.8) is 0 Å². The van der Waals surface area contributed by atoms with Crippen LogP contribution in [0.25, 0.3) is 10.2 Å². The maximum atomic E-state index is 6.14. The number of aromatic nitrogens is 1. The Morgan fingerprint density at radius 2 is 2.33 bits per heavy atom. The van der Waals surface area contributed by atoms with E-state index in [4.69, 9.17) is 11.6 Å². The molecule has 0 aliphatic heterocycles. The molecule has 0 fully saturated rings. The normalized spacial score (nSPS) is 10.8. The van der Waals surface area contributed by atoms with Crippen LogP contribution >= 0.6 is 22.9 Å². The van der Waals surface area contributed by atoms with Crippen LogP contribution in [-0.2, 0) is 0 Å². The third-order valence-corrected chi connectivity index (χ3v) is 3.39. The molecule has 80 valence electrons. The molecule has 15 heavy (non-hydrogen) atoms. The Bertz CT molecular complexity index is 453. The largest absolute Gasteiger partial charge is 0.382 e. The van der Waals surface area contributed by atoms with E-state index in [9.17, 15) is 0 Å². The average Bonchev–Trinajstić information content (AvgIpc) is 2.69. The van der Waals surface area contributed by atoms with E-state index < -0.39 is 0 Å². The van der Waals surface area contributed by atoms with Crippen LogP contribution in [0.15, 0.2) is 17.6 Å². The van der Waals surface area contributed by atoms with Crippen LogP contribution in [0.5, 0.6) is 0 Å². The van der Waals surface area contributed by atoms with E-state index >= 15 is 0 Å². The molecule has 2 rings (SSSR count). The SMILES string of the molecule is CCCCNc1c(Cl)ccc2scnc12. The summed E-state index contributed by atoms with van der Waals surface area (Å²) in [5, 5.41) is 4.11. The van der Waals surface area contributed by atoms with E-state index in [1.165, 1.54) is 11.1 Å². The summed E-state index contributed by atoms with van der Waals surface area (Å²) in [7, 11) is 0.